The Labute approximate surface area is 160 Å². The van der Waals surface area contributed by atoms with Crippen LogP contribution in [0.2, 0.25) is 0 Å². The molecule has 8 nitrogen and oxygen atoms in total. The van der Waals surface area contributed by atoms with E-state index in [9.17, 15) is 18.0 Å². The van der Waals surface area contributed by atoms with E-state index in [1.165, 1.54) is 11.9 Å². The number of rotatable bonds is 7. The molecule has 1 heterocycles. The van der Waals surface area contributed by atoms with Gasteiger partial charge in [-0.05, 0) is 23.6 Å². The lowest BCUT2D eigenvalue weighted by atomic mass is 10.0. The van der Waals surface area contributed by atoms with Crippen LogP contribution in [0.25, 0.3) is 0 Å². The van der Waals surface area contributed by atoms with E-state index in [-0.39, 0.29) is 42.8 Å². The maximum Gasteiger partial charge on any atom is 0.250 e. The number of nitrogens with zero attached hydrogens (tertiary/aromatic N) is 1. The molecule has 0 spiro atoms. The van der Waals surface area contributed by atoms with Crippen molar-refractivity contribution in [3.63, 3.8) is 0 Å². The first-order valence-corrected chi connectivity index (χ1v) is 10.4. The molecular weight excluding hydrogens is 370 g/mol. The average Bonchev–Trinajstić information content (AvgIpc) is 2.67. The van der Waals surface area contributed by atoms with Crippen molar-refractivity contribution in [2.24, 2.45) is 0 Å². The van der Waals surface area contributed by atoms with E-state index in [4.69, 9.17) is 4.74 Å². The van der Waals surface area contributed by atoms with Crippen molar-refractivity contribution in [1.29, 1.82) is 0 Å². The lowest BCUT2D eigenvalue weighted by molar-refractivity contribution is -0.146. The molecule has 1 aromatic rings. The third-order valence-electron chi connectivity index (χ3n) is 4.45. The molecule has 9 heteroatoms. The molecule has 1 atom stereocenters. The fourth-order valence-corrected chi connectivity index (χ4v) is 3.79. The summed E-state index contributed by atoms with van der Waals surface area (Å²) in [5, 5.41) is 2.49. The normalized spacial score (nSPS) is 17.8. The number of amides is 2. The summed E-state index contributed by atoms with van der Waals surface area (Å²) >= 11 is 0. The highest BCUT2D eigenvalue weighted by Gasteiger charge is 2.28. The molecule has 2 N–H and O–H groups in total. The summed E-state index contributed by atoms with van der Waals surface area (Å²) in [5.41, 5.74) is 1.06. The first-order chi connectivity index (χ1) is 12.7. The van der Waals surface area contributed by atoms with Gasteiger partial charge in [-0.25, -0.2) is 13.1 Å². The highest BCUT2D eigenvalue weighted by Crippen LogP contribution is 2.17. The standard InChI is InChI=1S/C18H27N3O5S/c1-13(2)14-4-6-15(7-5-14)27(24,25)20-9-8-17(22)21-10-11-26-16(12-21)18(23)19-3/h4-7,13,16,20H,8-12H2,1-3H3,(H,19,23)/t16-/m1/s1. The Kier molecular flexibility index (Phi) is 7.34. The number of sulfonamides is 1. The van der Waals surface area contributed by atoms with Gasteiger partial charge in [0.2, 0.25) is 15.9 Å². The number of hydrogen-bond acceptors (Lipinski definition) is 5. The van der Waals surface area contributed by atoms with Crippen LogP contribution in [-0.4, -0.2) is 64.5 Å². The fraction of sp³-hybridized carbons (Fsp3) is 0.556. The SMILES string of the molecule is CNC(=O)[C@H]1CN(C(=O)CCNS(=O)(=O)c2ccc(C(C)C)cc2)CCO1. The third-order valence-corrected chi connectivity index (χ3v) is 5.92. The lowest BCUT2D eigenvalue weighted by Gasteiger charge is -2.32. The van der Waals surface area contributed by atoms with Crippen LogP contribution in [-0.2, 0) is 24.3 Å². The minimum atomic E-state index is -3.67. The summed E-state index contributed by atoms with van der Waals surface area (Å²) in [5.74, 6) is -0.178. The van der Waals surface area contributed by atoms with E-state index in [0.29, 0.717) is 12.5 Å². The molecule has 2 amide bonds. The first-order valence-electron chi connectivity index (χ1n) is 8.95. The van der Waals surface area contributed by atoms with Crippen LogP contribution in [0.3, 0.4) is 0 Å². The number of carbonyl (C=O) groups is 2. The predicted molar refractivity (Wildman–Crippen MR) is 101 cm³/mol. The van der Waals surface area contributed by atoms with Gasteiger partial charge in [0.05, 0.1) is 18.0 Å². The zero-order valence-electron chi connectivity index (χ0n) is 15.9. The van der Waals surface area contributed by atoms with E-state index in [1.807, 2.05) is 13.8 Å². The highest BCUT2D eigenvalue weighted by atomic mass is 32.2. The second-order valence-corrected chi connectivity index (χ2v) is 8.45. The maximum atomic E-state index is 12.3. The summed E-state index contributed by atoms with van der Waals surface area (Å²) in [6, 6.07) is 6.71. The molecule has 0 unspecified atom stereocenters. The molecular formula is C18H27N3O5S. The van der Waals surface area contributed by atoms with Crippen molar-refractivity contribution in [3.8, 4) is 0 Å². The smallest absolute Gasteiger partial charge is 0.250 e. The van der Waals surface area contributed by atoms with Gasteiger partial charge < -0.3 is 15.0 Å². The second kappa shape index (κ2) is 9.29. The van der Waals surface area contributed by atoms with E-state index in [2.05, 4.69) is 10.0 Å². The summed E-state index contributed by atoms with van der Waals surface area (Å²) in [4.78, 5) is 25.6. The van der Waals surface area contributed by atoms with Gasteiger partial charge in [-0.1, -0.05) is 26.0 Å². The highest BCUT2D eigenvalue weighted by molar-refractivity contribution is 7.89. The Morgan fingerprint density at radius 2 is 1.93 bits per heavy atom. The van der Waals surface area contributed by atoms with Crippen LogP contribution in [0.1, 0.15) is 31.7 Å². The minimum Gasteiger partial charge on any atom is -0.365 e. The molecule has 27 heavy (non-hydrogen) atoms. The Hall–Kier alpha value is -1.97. The molecule has 1 saturated heterocycles. The van der Waals surface area contributed by atoms with Crippen molar-refractivity contribution in [3.05, 3.63) is 29.8 Å². The molecule has 2 rings (SSSR count). The Bertz CT molecular complexity index is 762. The van der Waals surface area contributed by atoms with Crippen molar-refractivity contribution >= 4 is 21.8 Å². The predicted octanol–water partition coefficient (Wildman–Crippen LogP) is 0.452. The van der Waals surface area contributed by atoms with Gasteiger partial charge in [0.25, 0.3) is 5.91 Å². The van der Waals surface area contributed by atoms with Crippen LogP contribution < -0.4 is 10.0 Å². The quantitative estimate of drug-likeness (QED) is 0.695. The van der Waals surface area contributed by atoms with Crippen molar-refractivity contribution in [1.82, 2.24) is 14.9 Å². The number of morpholine rings is 1. The Morgan fingerprint density at radius 1 is 1.26 bits per heavy atom. The monoisotopic (exact) mass is 397 g/mol. The topological polar surface area (TPSA) is 105 Å². The third kappa shape index (κ3) is 5.75. The number of likely N-dealkylation sites (N-methyl/N-ethyl adjacent to an activating group) is 1. The van der Waals surface area contributed by atoms with Crippen LogP contribution in [0.4, 0.5) is 0 Å². The number of ether oxygens (including phenoxy) is 1. The molecule has 1 aliphatic rings. The van der Waals surface area contributed by atoms with Crippen LogP contribution >= 0.6 is 0 Å². The van der Waals surface area contributed by atoms with E-state index < -0.39 is 16.1 Å². The van der Waals surface area contributed by atoms with Gasteiger partial charge in [0.1, 0.15) is 0 Å². The molecule has 150 valence electrons. The van der Waals surface area contributed by atoms with Gasteiger partial charge in [0, 0.05) is 26.6 Å². The fourth-order valence-electron chi connectivity index (χ4n) is 2.76. The van der Waals surface area contributed by atoms with E-state index in [0.717, 1.165) is 5.56 Å². The average molecular weight is 397 g/mol. The Morgan fingerprint density at radius 3 is 2.52 bits per heavy atom. The van der Waals surface area contributed by atoms with Crippen LogP contribution in [0.15, 0.2) is 29.2 Å². The van der Waals surface area contributed by atoms with Crippen LogP contribution in [0.5, 0.6) is 0 Å². The van der Waals surface area contributed by atoms with Gasteiger partial charge in [-0.2, -0.15) is 0 Å². The lowest BCUT2D eigenvalue weighted by Crippen LogP contribution is -2.51. The Balaban J connectivity index is 1.87. The summed E-state index contributed by atoms with van der Waals surface area (Å²) in [6.07, 6.45) is -0.673. The van der Waals surface area contributed by atoms with Gasteiger partial charge in [-0.3, -0.25) is 9.59 Å². The molecule has 0 radical (unpaired) electrons. The molecule has 0 aromatic heterocycles. The minimum absolute atomic E-state index is 0.00486. The molecule has 0 saturated carbocycles. The summed E-state index contributed by atoms with van der Waals surface area (Å²) in [7, 11) is -2.16. The van der Waals surface area contributed by atoms with E-state index >= 15 is 0 Å². The molecule has 1 aliphatic heterocycles. The molecule has 0 aliphatic carbocycles. The second-order valence-electron chi connectivity index (χ2n) is 6.68. The van der Waals surface area contributed by atoms with Gasteiger partial charge in [0.15, 0.2) is 6.10 Å². The largest absolute Gasteiger partial charge is 0.365 e. The van der Waals surface area contributed by atoms with Crippen molar-refractivity contribution in [2.45, 2.75) is 37.2 Å². The molecule has 1 aromatic carbocycles. The summed E-state index contributed by atoms with van der Waals surface area (Å²) in [6.45, 7) is 4.89. The van der Waals surface area contributed by atoms with Crippen molar-refractivity contribution < 1.29 is 22.7 Å². The van der Waals surface area contributed by atoms with Crippen LogP contribution in [0, 0.1) is 0 Å². The first kappa shape index (κ1) is 21.3. The zero-order chi connectivity index (χ0) is 20.0. The van der Waals surface area contributed by atoms with Crippen molar-refractivity contribution in [2.75, 3.05) is 33.3 Å². The van der Waals surface area contributed by atoms with Gasteiger partial charge in [-0.15, -0.1) is 0 Å². The number of carbonyl (C=O) groups excluding carboxylic acids is 2. The zero-order valence-corrected chi connectivity index (χ0v) is 16.7. The van der Waals surface area contributed by atoms with Gasteiger partial charge >= 0.3 is 0 Å². The number of nitrogens with one attached hydrogen (secondary N) is 2. The number of hydrogen-bond donors (Lipinski definition) is 2. The molecule has 1 fully saturated rings. The number of benzene rings is 1. The maximum absolute atomic E-state index is 12.3. The van der Waals surface area contributed by atoms with E-state index in [1.54, 1.807) is 24.3 Å². The molecule has 0 bridgehead atoms. The summed E-state index contributed by atoms with van der Waals surface area (Å²) < 4.78 is 32.5.